The van der Waals surface area contributed by atoms with Gasteiger partial charge in [0.05, 0.1) is 0 Å². The van der Waals surface area contributed by atoms with E-state index in [1.165, 1.54) is 12.8 Å². The van der Waals surface area contributed by atoms with E-state index < -0.39 is 5.54 Å². The van der Waals surface area contributed by atoms with E-state index in [2.05, 4.69) is 5.10 Å². The van der Waals surface area contributed by atoms with Gasteiger partial charge in [0.25, 0.3) is 5.91 Å². The first kappa shape index (κ1) is 14.7. The van der Waals surface area contributed by atoms with Gasteiger partial charge in [-0.05, 0) is 44.1 Å². The van der Waals surface area contributed by atoms with Crippen LogP contribution >= 0.6 is 0 Å². The highest BCUT2D eigenvalue weighted by Crippen LogP contribution is 2.36. The highest BCUT2D eigenvalue weighted by molar-refractivity contribution is 5.86. The van der Waals surface area contributed by atoms with Crippen molar-refractivity contribution >= 4 is 11.8 Å². The fourth-order valence-corrected chi connectivity index (χ4v) is 3.70. The third-order valence-corrected chi connectivity index (χ3v) is 5.59. The number of likely N-dealkylation sites (tertiary alicyclic amines) is 2. The fourth-order valence-electron chi connectivity index (χ4n) is 3.70. The minimum Gasteiger partial charge on any atom is -0.342 e. The molecule has 2 saturated heterocycles. The van der Waals surface area contributed by atoms with Crippen LogP contribution < -0.4 is 0 Å². The van der Waals surface area contributed by atoms with Crippen molar-refractivity contribution in [3.8, 4) is 0 Å². The molecule has 0 aromatic carbocycles. The van der Waals surface area contributed by atoms with Crippen LogP contribution in [0.4, 0.5) is 0 Å². The second-order valence-corrected chi connectivity index (χ2v) is 7.16. The van der Waals surface area contributed by atoms with Crippen LogP contribution in [0.1, 0.15) is 38.5 Å². The molecule has 6 nitrogen and oxygen atoms in total. The second-order valence-electron chi connectivity index (χ2n) is 7.16. The van der Waals surface area contributed by atoms with Crippen molar-refractivity contribution < 1.29 is 9.59 Å². The number of aromatic nitrogens is 2. The van der Waals surface area contributed by atoms with Gasteiger partial charge in [0.2, 0.25) is 5.91 Å². The van der Waals surface area contributed by atoms with E-state index >= 15 is 0 Å². The van der Waals surface area contributed by atoms with Crippen molar-refractivity contribution in [3.63, 3.8) is 0 Å². The summed E-state index contributed by atoms with van der Waals surface area (Å²) in [5.41, 5.74) is -0.597. The molecule has 1 aliphatic carbocycles. The highest BCUT2D eigenvalue weighted by Gasteiger charge is 2.47. The van der Waals surface area contributed by atoms with Crippen LogP contribution in [0.2, 0.25) is 0 Å². The van der Waals surface area contributed by atoms with E-state index in [1.54, 1.807) is 6.20 Å². The Bertz CT molecular complexity index is 582. The molecule has 3 heterocycles. The molecule has 4 rings (SSSR count). The summed E-state index contributed by atoms with van der Waals surface area (Å²) >= 11 is 0. The molecule has 1 aromatic heterocycles. The summed E-state index contributed by atoms with van der Waals surface area (Å²) < 4.78 is 1.83. The zero-order valence-electron chi connectivity index (χ0n) is 13.5. The minimum absolute atomic E-state index is 0.182. The number of carbonyl (C=O) groups excluding carboxylic acids is 2. The number of nitrogens with zero attached hydrogens (tertiary/aromatic N) is 4. The lowest BCUT2D eigenvalue weighted by atomic mass is 9.85. The van der Waals surface area contributed by atoms with Gasteiger partial charge in [-0.1, -0.05) is 0 Å². The molecule has 3 aliphatic rings. The molecule has 0 spiro atoms. The van der Waals surface area contributed by atoms with E-state index in [-0.39, 0.29) is 11.8 Å². The topological polar surface area (TPSA) is 58.4 Å². The maximum absolute atomic E-state index is 13.0. The van der Waals surface area contributed by atoms with Crippen LogP contribution in [-0.2, 0) is 15.1 Å². The summed E-state index contributed by atoms with van der Waals surface area (Å²) in [6.45, 7) is 3.02. The number of rotatable bonds is 4. The Balaban J connectivity index is 1.49. The number of hydrogen-bond acceptors (Lipinski definition) is 3. The van der Waals surface area contributed by atoms with Crippen molar-refractivity contribution in [2.24, 2.45) is 5.92 Å². The average Bonchev–Trinajstić information content (AvgIpc) is 3.14. The Morgan fingerprint density at radius 2 is 1.83 bits per heavy atom. The molecule has 1 saturated carbocycles. The summed E-state index contributed by atoms with van der Waals surface area (Å²) in [5.74, 6) is 1.06. The van der Waals surface area contributed by atoms with Gasteiger partial charge in [-0.2, -0.15) is 5.10 Å². The zero-order chi connectivity index (χ0) is 15.9. The number of amides is 2. The van der Waals surface area contributed by atoms with Crippen molar-refractivity contribution in [2.45, 2.75) is 44.1 Å². The van der Waals surface area contributed by atoms with Crippen LogP contribution in [0, 0.1) is 5.92 Å². The van der Waals surface area contributed by atoms with Crippen molar-refractivity contribution in [3.05, 3.63) is 18.5 Å². The first-order valence-corrected chi connectivity index (χ1v) is 8.76. The number of piperidine rings is 1. The van der Waals surface area contributed by atoms with Gasteiger partial charge in [-0.25, -0.2) is 0 Å². The van der Waals surface area contributed by atoms with Gasteiger partial charge in [-0.15, -0.1) is 0 Å². The molecule has 1 aromatic rings. The first-order valence-electron chi connectivity index (χ1n) is 8.76. The molecule has 2 amide bonds. The van der Waals surface area contributed by atoms with Gasteiger partial charge in [0, 0.05) is 45.0 Å². The normalized spacial score (nSPS) is 23.5. The van der Waals surface area contributed by atoms with E-state index in [4.69, 9.17) is 0 Å². The second kappa shape index (κ2) is 5.65. The van der Waals surface area contributed by atoms with Crippen molar-refractivity contribution in [1.29, 1.82) is 0 Å². The lowest BCUT2D eigenvalue weighted by Gasteiger charge is -2.45. The molecule has 0 bridgehead atoms. The Hall–Kier alpha value is -1.85. The summed E-state index contributed by atoms with van der Waals surface area (Å²) in [6, 6.07) is 1.87. The third-order valence-electron chi connectivity index (χ3n) is 5.59. The van der Waals surface area contributed by atoms with Gasteiger partial charge >= 0.3 is 0 Å². The Kier molecular flexibility index (Phi) is 3.62. The quantitative estimate of drug-likeness (QED) is 0.839. The zero-order valence-corrected chi connectivity index (χ0v) is 13.5. The Morgan fingerprint density at radius 1 is 1.09 bits per heavy atom. The predicted octanol–water partition coefficient (Wildman–Crippen LogP) is 1.23. The fraction of sp³-hybridized carbons (Fsp3) is 0.706. The molecule has 2 aliphatic heterocycles. The third kappa shape index (κ3) is 2.64. The molecule has 3 fully saturated rings. The molecular weight excluding hydrogens is 292 g/mol. The molecular formula is C17H24N4O2. The summed E-state index contributed by atoms with van der Waals surface area (Å²) in [7, 11) is 0. The molecule has 23 heavy (non-hydrogen) atoms. The van der Waals surface area contributed by atoms with E-state index in [0.29, 0.717) is 38.3 Å². The minimum atomic E-state index is -0.597. The van der Waals surface area contributed by atoms with Crippen LogP contribution in [0.25, 0.3) is 0 Å². The largest absolute Gasteiger partial charge is 0.342 e. The van der Waals surface area contributed by atoms with Crippen LogP contribution in [0.15, 0.2) is 18.5 Å². The SMILES string of the molecule is O=C(CC1CC1)N1CCC(C(=O)N2CCC2)(n2cccn2)CC1. The monoisotopic (exact) mass is 316 g/mol. The number of carbonyl (C=O) groups is 2. The predicted molar refractivity (Wildman–Crippen MR) is 84.6 cm³/mol. The first-order chi connectivity index (χ1) is 11.2. The van der Waals surface area contributed by atoms with Gasteiger partial charge in [0.1, 0.15) is 5.54 Å². The number of hydrogen-bond donors (Lipinski definition) is 0. The van der Waals surface area contributed by atoms with E-state index in [0.717, 1.165) is 19.5 Å². The molecule has 0 N–H and O–H groups in total. The van der Waals surface area contributed by atoms with E-state index in [1.807, 2.05) is 26.7 Å². The molecule has 6 heteroatoms. The van der Waals surface area contributed by atoms with Crippen molar-refractivity contribution in [2.75, 3.05) is 26.2 Å². The van der Waals surface area contributed by atoms with Crippen molar-refractivity contribution in [1.82, 2.24) is 19.6 Å². The molecule has 0 radical (unpaired) electrons. The van der Waals surface area contributed by atoms with Gasteiger partial charge < -0.3 is 9.80 Å². The lowest BCUT2D eigenvalue weighted by molar-refractivity contribution is -0.150. The lowest BCUT2D eigenvalue weighted by Crippen LogP contribution is -2.59. The summed E-state index contributed by atoms with van der Waals surface area (Å²) in [4.78, 5) is 29.2. The smallest absolute Gasteiger partial charge is 0.250 e. The Morgan fingerprint density at radius 3 is 2.35 bits per heavy atom. The van der Waals surface area contributed by atoms with Gasteiger partial charge in [-0.3, -0.25) is 14.3 Å². The standard InChI is InChI=1S/C17H24N4O2/c22-15(13-14-3-4-14)19-11-5-17(6-12-19,21-10-1-7-18-21)16(23)20-8-2-9-20/h1,7,10,14H,2-6,8-9,11-13H2. The summed E-state index contributed by atoms with van der Waals surface area (Å²) in [5, 5.41) is 4.37. The molecule has 0 unspecified atom stereocenters. The van der Waals surface area contributed by atoms with Crippen LogP contribution in [-0.4, -0.2) is 57.6 Å². The average molecular weight is 316 g/mol. The molecule has 0 atom stereocenters. The van der Waals surface area contributed by atoms with Gasteiger partial charge in [0.15, 0.2) is 0 Å². The Labute approximate surface area is 136 Å². The maximum Gasteiger partial charge on any atom is 0.250 e. The van der Waals surface area contributed by atoms with Crippen LogP contribution in [0.3, 0.4) is 0 Å². The highest BCUT2D eigenvalue weighted by atomic mass is 16.2. The van der Waals surface area contributed by atoms with Crippen LogP contribution in [0.5, 0.6) is 0 Å². The molecule has 124 valence electrons. The maximum atomic E-state index is 13.0. The van der Waals surface area contributed by atoms with E-state index in [9.17, 15) is 9.59 Å². The summed E-state index contributed by atoms with van der Waals surface area (Å²) in [6.07, 6.45) is 9.13.